The first kappa shape index (κ1) is 26.0. The molecule has 0 saturated heterocycles. The molecule has 2 amide bonds. The van der Waals surface area contributed by atoms with Gasteiger partial charge in [-0.1, -0.05) is 48.9 Å². The summed E-state index contributed by atoms with van der Waals surface area (Å²) in [7, 11) is 0. The van der Waals surface area contributed by atoms with Crippen molar-refractivity contribution in [1.82, 2.24) is 5.32 Å². The van der Waals surface area contributed by atoms with Crippen LogP contribution in [-0.4, -0.2) is 30.9 Å². The van der Waals surface area contributed by atoms with Gasteiger partial charge in [-0.3, -0.25) is 9.59 Å². The van der Waals surface area contributed by atoms with Crippen LogP contribution in [0.5, 0.6) is 5.75 Å². The van der Waals surface area contributed by atoms with Crippen molar-refractivity contribution in [3.05, 3.63) is 71.8 Å². The number of rotatable bonds is 13. The van der Waals surface area contributed by atoms with Gasteiger partial charge in [0.1, 0.15) is 12.4 Å². The second kappa shape index (κ2) is 13.3. The number of carbonyl (C=O) groups excluding carboxylic acids is 2. The molecule has 0 fully saturated rings. The van der Waals surface area contributed by atoms with E-state index < -0.39 is 0 Å². The largest absolute Gasteiger partial charge is 0.489 e. The number of anilines is 1. The van der Waals surface area contributed by atoms with Crippen LogP contribution in [0.15, 0.2) is 66.2 Å². The number of hydrogen-bond donors (Lipinski definition) is 2. The number of nitrogens with two attached hydrogens (primary N) is 1. The van der Waals surface area contributed by atoms with Crippen molar-refractivity contribution in [2.45, 2.75) is 53.2 Å². The molecule has 0 heterocycles. The smallest absolute Gasteiger partial charge is 0.220 e. The molecule has 0 radical (unpaired) electrons. The first-order valence-corrected chi connectivity index (χ1v) is 11.5. The molecule has 3 N–H and O–H groups in total. The minimum absolute atomic E-state index is 0.0547. The first-order valence-electron chi connectivity index (χ1n) is 11.5. The Hall–Kier alpha value is -3.28. The van der Waals surface area contributed by atoms with Crippen LogP contribution < -0.4 is 20.7 Å². The second-order valence-corrected chi connectivity index (χ2v) is 8.77. The number of hydrogen-bond acceptors (Lipinski definition) is 4. The van der Waals surface area contributed by atoms with E-state index in [1.54, 1.807) is 6.92 Å². The number of carbonyl (C=O) groups is 2. The van der Waals surface area contributed by atoms with Gasteiger partial charge in [0.2, 0.25) is 11.8 Å². The van der Waals surface area contributed by atoms with Gasteiger partial charge in [-0.25, -0.2) is 0 Å². The Kier molecular flexibility index (Phi) is 10.5. The standard InChI is InChI=1S/C27H37N3O3/c1-20(2)16-17-30(18-22(4)29-26(31)15-10-21(3)27(28)32)24-11-13-25(14-12-24)33-19-23-8-6-5-7-9-23/h5-9,11-14,16,21-22H,10,15,17-19H2,1-4H3,(H2,28,32)(H,29,31). The minimum Gasteiger partial charge on any atom is -0.489 e. The third kappa shape index (κ3) is 9.81. The van der Waals surface area contributed by atoms with Crippen LogP contribution in [0, 0.1) is 5.92 Å². The zero-order valence-electron chi connectivity index (χ0n) is 20.2. The Balaban J connectivity index is 1.96. The lowest BCUT2D eigenvalue weighted by Crippen LogP contribution is -2.42. The maximum absolute atomic E-state index is 12.3. The molecule has 0 aliphatic rings. The molecular formula is C27H37N3O3. The predicted molar refractivity (Wildman–Crippen MR) is 134 cm³/mol. The summed E-state index contributed by atoms with van der Waals surface area (Å²) in [5.41, 5.74) is 8.70. The zero-order chi connectivity index (χ0) is 24.2. The van der Waals surface area contributed by atoms with E-state index in [9.17, 15) is 9.59 Å². The Labute approximate surface area is 197 Å². The summed E-state index contributed by atoms with van der Waals surface area (Å²) >= 11 is 0. The molecule has 6 heteroatoms. The van der Waals surface area contributed by atoms with Gasteiger partial charge in [0.05, 0.1) is 0 Å². The molecule has 33 heavy (non-hydrogen) atoms. The molecule has 0 aromatic heterocycles. The fourth-order valence-corrected chi connectivity index (χ4v) is 3.29. The van der Waals surface area contributed by atoms with Crippen molar-refractivity contribution < 1.29 is 14.3 Å². The van der Waals surface area contributed by atoms with Crippen molar-refractivity contribution in [2.24, 2.45) is 11.7 Å². The lowest BCUT2D eigenvalue weighted by molar-refractivity contribution is -0.123. The predicted octanol–water partition coefficient (Wildman–Crippen LogP) is 4.44. The van der Waals surface area contributed by atoms with E-state index >= 15 is 0 Å². The van der Waals surface area contributed by atoms with Crippen molar-refractivity contribution >= 4 is 17.5 Å². The molecule has 0 spiro atoms. The van der Waals surface area contributed by atoms with E-state index in [0.717, 1.165) is 23.5 Å². The van der Waals surface area contributed by atoms with E-state index in [-0.39, 0.29) is 30.2 Å². The molecule has 2 rings (SSSR count). The molecule has 0 aliphatic heterocycles. The van der Waals surface area contributed by atoms with E-state index in [4.69, 9.17) is 10.5 Å². The van der Waals surface area contributed by atoms with E-state index in [1.165, 1.54) is 5.57 Å². The van der Waals surface area contributed by atoms with E-state index in [0.29, 0.717) is 19.6 Å². The minimum atomic E-state index is -0.375. The summed E-state index contributed by atoms with van der Waals surface area (Å²) in [6, 6.07) is 18.1. The molecule has 0 bridgehead atoms. The summed E-state index contributed by atoms with van der Waals surface area (Å²) in [6.45, 7) is 9.80. The van der Waals surface area contributed by atoms with Gasteiger partial charge >= 0.3 is 0 Å². The molecule has 6 nitrogen and oxygen atoms in total. The van der Waals surface area contributed by atoms with Gasteiger partial charge in [-0.05, 0) is 57.0 Å². The quantitative estimate of drug-likeness (QED) is 0.441. The van der Waals surface area contributed by atoms with E-state index in [2.05, 4.69) is 30.1 Å². The summed E-state index contributed by atoms with van der Waals surface area (Å²) in [5.74, 6) is 0.0694. The second-order valence-electron chi connectivity index (χ2n) is 8.77. The average molecular weight is 452 g/mol. The number of primary amides is 1. The van der Waals surface area contributed by atoms with Crippen molar-refractivity contribution in [2.75, 3.05) is 18.0 Å². The maximum atomic E-state index is 12.3. The number of allylic oxidation sites excluding steroid dienone is 1. The summed E-state index contributed by atoms with van der Waals surface area (Å²) in [4.78, 5) is 25.7. The highest BCUT2D eigenvalue weighted by molar-refractivity contribution is 5.79. The zero-order valence-corrected chi connectivity index (χ0v) is 20.2. The fourth-order valence-electron chi connectivity index (χ4n) is 3.29. The topological polar surface area (TPSA) is 84.7 Å². The highest BCUT2D eigenvalue weighted by Crippen LogP contribution is 2.21. The number of benzene rings is 2. The lowest BCUT2D eigenvalue weighted by atomic mass is 10.0. The third-order valence-electron chi connectivity index (χ3n) is 5.36. The van der Waals surface area contributed by atoms with Crippen molar-refractivity contribution in [3.8, 4) is 5.75 Å². The number of nitrogens with zero attached hydrogens (tertiary/aromatic N) is 1. The van der Waals surface area contributed by atoms with Crippen LogP contribution in [-0.2, 0) is 16.2 Å². The Morgan fingerprint density at radius 1 is 1.06 bits per heavy atom. The molecule has 2 aromatic rings. The molecule has 178 valence electrons. The highest BCUT2D eigenvalue weighted by atomic mass is 16.5. The average Bonchev–Trinajstić information content (AvgIpc) is 2.79. The lowest BCUT2D eigenvalue weighted by Gasteiger charge is -2.28. The van der Waals surface area contributed by atoms with Crippen LogP contribution in [0.4, 0.5) is 5.69 Å². The number of amides is 2. The summed E-state index contributed by atoms with van der Waals surface area (Å²) in [5, 5.41) is 3.03. The molecule has 0 aliphatic carbocycles. The van der Waals surface area contributed by atoms with Crippen molar-refractivity contribution in [1.29, 1.82) is 0 Å². The molecule has 2 atom stereocenters. The fraction of sp³-hybridized carbons (Fsp3) is 0.407. The Bertz CT molecular complexity index is 906. The van der Waals surface area contributed by atoms with Crippen LogP contribution >= 0.6 is 0 Å². The molecule has 2 aromatic carbocycles. The monoisotopic (exact) mass is 451 g/mol. The SMILES string of the molecule is CC(C)=CCN(CC(C)NC(=O)CCC(C)C(N)=O)c1ccc(OCc2ccccc2)cc1. The molecule has 2 unspecified atom stereocenters. The summed E-state index contributed by atoms with van der Waals surface area (Å²) in [6.07, 6.45) is 2.92. The van der Waals surface area contributed by atoms with Crippen LogP contribution in [0.1, 0.15) is 46.1 Å². The van der Waals surface area contributed by atoms with Crippen molar-refractivity contribution in [3.63, 3.8) is 0 Å². The maximum Gasteiger partial charge on any atom is 0.220 e. The van der Waals surface area contributed by atoms with Crippen LogP contribution in [0.3, 0.4) is 0 Å². The Morgan fingerprint density at radius 3 is 2.33 bits per heavy atom. The van der Waals surface area contributed by atoms with Gasteiger partial charge in [0.25, 0.3) is 0 Å². The third-order valence-corrected chi connectivity index (χ3v) is 5.36. The van der Waals surface area contributed by atoms with Gasteiger partial charge in [-0.15, -0.1) is 0 Å². The van der Waals surface area contributed by atoms with Crippen LogP contribution in [0.2, 0.25) is 0 Å². The normalized spacial score (nSPS) is 12.4. The van der Waals surface area contributed by atoms with Crippen LogP contribution in [0.25, 0.3) is 0 Å². The number of nitrogens with one attached hydrogen (secondary N) is 1. The summed E-state index contributed by atoms with van der Waals surface area (Å²) < 4.78 is 5.90. The highest BCUT2D eigenvalue weighted by Gasteiger charge is 2.15. The van der Waals surface area contributed by atoms with Gasteiger partial charge in [0.15, 0.2) is 0 Å². The van der Waals surface area contributed by atoms with Gasteiger partial charge < -0.3 is 20.7 Å². The Morgan fingerprint density at radius 2 is 1.73 bits per heavy atom. The number of ether oxygens (including phenoxy) is 1. The first-order chi connectivity index (χ1) is 15.7. The van der Waals surface area contributed by atoms with Gasteiger partial charge in [0, 0.05) is 37.2 Å². The van der Waals surface area contributed by atoms with E-state index in [1.807, 2.05) is 61.5 Å². The molecular weight excluding hydrogens is 414 g/mol. The van der Waals surface area contributed by atoms with Gasteiger partial charge in [-0.2, -0.15) is 0 Å². The molecule has 0 saturated carbocycles.